The Balaban J connectivity index is 1.38. The van der Waals surface area contributed by atoms with Crippen molar-refractivity contribution in [3.05, 3.63) is 101 Å². The highest BCUT2D eigenvalue weighted by Gasteiger charge is 2.57. The number of piperidine rings is 1. The number of pyridine rings is 1. The third-order valence-electron chi connectivity index (χ3n) is 7.05. The minimum atomic E-state index is -1.23. The number of amides is 3. The maximum Gasteiger partial charge on any atom is 0.325 e. The van der Waals surface area contributed by atoms with Gasteiger partial charge < -0.3 is 5.32 Å². The number of rotatable bonds is 6. The summed E-state index contributed by atoms with van der Waals surface area (Å²) in [6.45, 7) is 1.89. The zero-order valence-corrected chi connectivity index (χ0v) is 19.2. The van der Waals surface area contributed by atoms with Gasteiger partial charge in [-0.05, 0) is 61.7 Å². The normalized spacial score (nSPS) is 21.4. The SMILES string of the molecule is O=C1NC(c2cccnc2)(C2CCN(Cc3ccccc3F)CC2)C(=O)N1Cc1ccc(F)cc1. The Morgan fingerprint density at radius 3 is 2.37 bits per heavy atom. The molecule has 0 spiro atoms. The molecule has 5 rings (SSSR count). The van der Waals surface area contributed by atoms with Crippen molar-refractivity contribution >= 4 is 11.9 Å². The van der Waals surface area contributed by atoms with Gasteiger partial charge in [0.15, 0.2) is 5.54 Å². The van der Waals surface area contributed by atoms with Crippen LogP contribution < -0.4 is 5.32 Å². The average molecular weight is 477 g/mol. The van der Waals surface area contributed by atoms with Crippen molar-refractivity contribution in [3.8, 4) is 0 Å². The molecule has 3 heterocycles. The second-order valence-corrected chi connectivity index (χ2v) is 9.14. The number of aromatic nitrogens is 1. The molecule has 1 N–H and O–H groups in total. The topological polar surface area (TPSA) is 65.5 Å². The summed E-state index contributed by atoms with van der Waals surface area (Å²) in [6.07, 6.45) is 4.57. The summed E-state index contributed by atoms with van der Waals surface area (Å²) in [5, 5.41) is 3.00. The number of urea groups is 1. The van der Waals surface area contributed by atoms with Gasteiger partial charge in [0.1, 0.15) is 11.6 Å². The minimum Gasteiger partial charge on any atom is -0.319 e. The molecule has 2 fully saturated rings. The first kappa shape index (κ1) is 23.1. The number of halogens is 2. The monoisotopic (exact) mass is 476 g/mol. The predicted molar refractivity (Wildman–Crippen MR) is 126 cm³/mol. The smallest absolute Gasteiger partial charge is 0.319 e. The van der Waals surface area contributed by atoms with Crippen LogP contribution in [0.15, 0.2) is 73.1 Å². The zero-order valence-electron chi connectivity index (χ0n) is 19.2. The van der Waals surface area contributed by atoms with E-state index in [1.807, 2.05) is 12.1 Å². The fourth-order valence-electron chi connectivity index (χ4n) is 5.21. The molecule has 6 nitrogen and oxygen atoms in total. The van der Waals surface area contributed by atoms with E-state index in [0.717, 1.165) is 0 Å². The molecule has 3 aromatic rings. The number of carbonyl (C=O) groups excluding carboxylic acids is 2. The summed E-state index contributed by atoms with van der Waals surface area (Å²) in [6, 6.07) is 15.6. The molecule has 0 radical (unpaired) electrons. The van der Waals surface area contributed by atoms with Crippen LogP contribution in [-0.4, -0.2) is 39.8 Å². The molecule has 1 aromatic heterocycles. The summed E-state index contributed by atoms with van der Waals surface area (Å²) in [4.78, 5) is 34.6. The molecule has 2 saturated heterocycles. The van der Waals surface area contributed by atoms with Crippen LogP contribution in [0, 0.1) is 17.6 Å². The van der Waals surface area contributed by atoms with Crippen molar-refractivity contribution in [1.29, 1.82) is 0 Å². The van der Waals surface area contributed by atoms with E-state index >= 15 is 0 Å². The molecule has 35 heavy (non-hydrogen) atoms. The fraction of sp³-hybridized carbons (Fsp3) is 0.296. The quantitative estimate of drug-likeness (QED) is 0.541. The highest BCUT2D eigenvalue weighted by molar-refractivity contribution is 6.07. The van der Waals surface area contributed by atoms with Gasteiger partial charge in [-0.25, -0.2) is 13.6 Å². The summed E-state index contributed by atoms with van der Waals surface area (Å²) in [5.41, 5.74) is 0.725. The van der Waals surface area contributed by atoms with E-state index < -0.39 is 11.6 Å². The van der Waals surface area contributed by atoms with Crippen LogP contribution in [0.5, 0.6) is 0 Å². The number of nitrogens with zero attached hydrogens (tertiary/aromatic N) is 3. The van der Waals surface area contributed by atoms with Gasteiger partial charge >= 0.3 is 6.03 Å². The molecule has 0 saturated carbocycles. The molecule has 8 heteroatoms. The van der Waals surface area contributed by atoms with E-state index in [1.54, 1.807) is 42.7 Å². The van der Waals surface area contributed by atoms with Crippen LogP contribution in [0.3, 0.4) is 0 Å². The second kappa shape index (κ2) is 9.54. The highest BCUT2D eigenvalue weighted by atomic mass is 19.1. The van der Waals surface area contributed by atoms with Gasteiger partial charge in [0, 0.05) is 30.1 Å². The van der Waals surface area contributed by atoms with Crippen LogP contribution in [0.4, 0.5) is 13.6 Å². The van der Waals surface area contributed by atoms with Crippen molar-refractivity contribution < 1.29 is 18.4 Å². The van der Waals surface area contributed by atoms with Gasteiger partial charge in [0.05, 0.1) is 6.54 Å². The molecule has 3 amide bonds. The van der Waals surface area contributed by atoms with Gasteiger partial charge in [-0.15, -0.1) is 0 Å². The Morgan fingerprint density at radius 1 is 0.943 bits per heavy atom. The van der Waals surface area contributed by atoms with Crippen molar-refractivity contribution in [2.45, 2.75) is 31.5 Å². The van der Waals surface area contributed by atoms with Gasteiger partial charge in [0.25, 0.3) is 5.91 Å². The molecule has 2 aliphatic rings. The molecule has 1 atom stereocenters. The van der Waals surface area contributed by atoms with Crippen LogP contribution in [0.1, 0.15) is 29.5 Å². The average Bonchev–Trinajstić information content (AvgIpc) is 3.13. The fourth-order valence-corrected chi connectivity index (χ4v) is 5.21. The summed E-state index contributed by atoms with van der Waals surface area (Å²) in [7, 11) is 0. The number of imide groups is 1. The lowest BCUT2D eigenvalue weighted by atomic mass is 9.73. The Labute approximate surface area is 202 Å². The van der Waals surface area contributed by atoms with E-state index in [4.69, 9.17) is 0 Å². The molecule has 1 unspecified atom stereocenters. The molecule has 180 valence electrons. The van der Waals surface area contributed by atoms with Crippen molar-refractivity contribution in [2.24, 2.45) is 5.92 Å². The van der Waals surface area contributed by atoms with E-state index in [0.29, 0.717) is 49.2 Å². The van der Waals surface area contributed by atoms with Crippen LogP contribution in [-0.2, 0) is 23.4 Å². The largest absolute Gasteiger partial charge is 0.325 e. The highest BCUT2D eigenvalue weighted by Crippen LogP contribution is 2.41. The number of carbonyl (C=O) groups is 2. The lowest BCUT2D eigenvalue weighted by molar-refractivity contribution is -0.135. The molecule has 0 aliphatic carbocycles. The molecule has 0 bridgehead atoms. The van der Waals surface area contributed by atoms with E-state index in [2.05, 4.69) is 15.2 Å². The first-order chi connectivity index (χ1) is 17.0. The van der Waals surface area contributed by atoms with Crippen LogP contribution in [0.2, 0.25) is 0 Å². The van der Waals surface area contributed by atoms with E-state index in [1.165, 1.54) is 23.1 Å². The minimum absolute atomic E-state index is 0.0547. The number of likely N-dealkylation sites (tertiary alicyclic amines) is 1. The van der Waals surface area contributed by atoms with Crippen molar-refractivity contribution in [2.75, 3.05) is 13.1 Å². The Hall–Kier alpha value is -3.65. The number of hydrogen-bond donors (Lipinski definition) is 1. The first-order valence-corrected chi connectivity index (χ1v) is 11.7. The maximum absolute atomic E-state index is 14.1. The van der Waals surface area contributed by atoms with Crippen LogP contribution in [0.25, 0.3) is 0 Å². The molecule has 2 aliphatic heterocycles. The molecule has 2 aromatic carbocycles. The molecular formula is C27H26F2N4O2. The van der Waals surface area contributed by atoms with Gasteiger partial charge in [-0.3, -0.25) is 19.6 Å². The molecular weight excluding hydrogens is 450 g/mol. The van der Waals surface area contributed by atoms with Crippen molar-refractivity contribution in [1.82, 2.24) is 20.1 Å². The van der Waals surface area contributed by atoms with Crippen LogP contribution >= 0.6 is 0 Å². The van der Waals surface area contributed by atoms with E-state index in [9.17, 15) is 18.4 Å². The Kier molecular flexibility index (Phi) is 6.30. The summed E-state index contributed by atoms with van der Waals surface area (Å²) in [5.74, 6) is -1.08. The zero-order chi connectivity index (χ0) is 24.4. The van der Waals surface area contributed by atoms with E-state index in [-0.39, 0.29) is 30.0 Å². The van der Waals surface area contributed by atoms with Gasteiger partial charge in [-0.2, -0.15) is 0 Å². The number of nitrogens with one attached hydrogen (secondary N) is 1. The standard InChI is InChI=1S/C27H26F2N4O2/c28-23-9-7-19(8-10-23)17-33-25(34)27(31-26(33)35,22-5-3-13-30-16-22)21-11-14-32(15-12-21)18-20-4-1-2-6-24(20)29/h1-10,13,16,21H,11-12,14-15,17-18H2,(H,31,35). The lowest BCUT2D eigenvalue weighted by Crippen LogP contribution is -2.53. The number of hydrogen-bond acceptors (Lipinski definition) is 4. The van der Waals surface area contributed by atoms with Gasteiger partial charge in [-0.1, -0.05) is 36.4 Å². The van der Waals surface area contributed by atoms with Crippen molar-refractivity contribution in [3.63, 3.8) is 0 Å². The lowest BCUT2D eigenvalue weighted by Gasteiger charge is -2.41. The number of benzene rings is 2. The summed E-state index contributed by atoms with van der Waals surface area (Å²) < 4.78 is 27.5. The van der Waals surface area contributed by atoms with Gasteiger partial charge in [0.2, 0.25) is 0 Å². The maximum atomic E-state index is 14.1. The second-order valence-electron chi connectivity index (χ2n) is 9.14. The summed E-state index contributed by atoms with van der Waals surface area (Å²) >= 11 is 0. The third kappa shape index (κ3) is 4.41. The predicted octanol–water partition coefficient (Wildman–Crippen LogP) is 4.22. The third-order valence-corrected chi connectivity index (χ3v) is 7.05. The first-order valence-electron chi connectivity index (χ1n) is 11.7. The Bertz CT molecular complexity index is 1210. The Morgan fingerprint density at radius 2 is 1.69 bits per heavy atom.